The van der Waals surface area contributed by atoms with Crippen LogP contribution in [0.15, 0.2) is 23.8 Å². The van der Waals surface area contributed by atoms with Crippen LogP contribution in [0.2, 0.25) is 0 Å². The van der Waals surface area contributed by atoms with Crippen LogP contribution < -0.4 is 5.32 Å². The average molecular weight is 386 g/mol. The van der Waals surface area contributed by atoms with Crippen LogP contribution in [-0.2, 0) is 19.0 Å². The van der Waals surface area contributed by atoms with Gasteiger partial charge < -0.3 is 14.2 Å². The van der Waals surface area contributed by atoms with Gasteiger partial charge in [-0.05, 0) is 40.0 Å². The third kappa shape index (κ3) is 4.67. The van der Waals surface area contributed by atoms with Crippen LogP contribution >= 0.6 is 11.6 Å². The Morgan fingerprint density at radius 3 is 2.73 bits per heavy atom. The standard InChI is InChI=1S/C19H28ClNO5/c1-11(2)6-9-14-19(4,26-14)16-12(3)7-8-13(17(16)24-5)25-18(23)21-15(22)10-20/h6,13-14,16-17H,3,7-10H2,1-2,4-5H3,(H,21,22,23)/t13-,14-,16-,17-,19+/m1/s1. The van der Waals surface area contributed by atoms with Crippen molar-refractivity contribution in [3.63, 3.8) is 0 Å². The van der Waals surface area contributed by atoms with E-state index in [1.807, 2.05) is 0 Å². The molecule has 2 amide bonds. The van der Waals surface area contributed by atoms with Crippen LogP contribution in [0, 0.1) is 5.92 Å². The maximum absolute atomic E-state index is 11.9. The Morgan fingerprint density at radius 2 is 2.15 bits per heavy atom. The second-order valence-corrected chi connectivity index (χ2v) is 7.58. The highest BCUT2D eigenvalue weighted by molar-refractivity contribution is 6.28. The Hall–Kier alpha value is -1.37. The first-order valence-corrected chi connectivity index (χ1v) is 9.34. The third-order valence-corrected chi connectivity index (χ3v) is 5.36. The van der Waals surface area contributed by atoms with E-state index in [0.29, 0.717) is 12.8 Å². The molecule has 1 saturated heterocycles. The lowest BCUT2D eigenvalue weighted by Gasteiger charge is -2.40. The number of hydrogen-bond donors (Lipinski definition) is 1. The maximum Gasteiger partial charge on any atom is 0.414 e. The first-order valence-electron chi connectivity index (χ1n) is 8.81. The number of methoxy groups -OCH3 is 1. The van der Waals surface area contributed by atoms with Crippen LogP contribution in [0.4, 0.5) is 4.79 Å². The van der Waals surface area contributed by atoms with Gasteiger partial charge in [0.15, 0.2) is 0 Å². The van der Waals surface area contributed by atoms with Crippen molar-refractivity contribution in [2.45, 2.75) is 63.9 Å². The van der Waals surface area contributed by atoms with E-state index in [0.717, 1.165) is 12.0 Å². The molecule has 1 saturated carbocycles. The molecule has 6 nitrogen and oxygen atoms in total. The highest BCUT2D eigenvalue weighted by Crippen LogP contribution is 2.52. The number of ether oxygens (including phenoxy) is 3. The van der Waals surface area contributed by atoms with Crippen LogP contribution in [0.25, 0.3) is 0 Å². The van der Waals surface area contributed by atoms with E-state index >= 15 is 0 Å². The number of carbonyl (C=O) groups excluding carboxylic acids is 2. The number of hydrogen-bond acceptors (Lipinski definition) is 5. The molecule has 2 fully saturated rings. The lowest BCUT2D eigenvalue weighted by Crippen LogP contribution is -2.49. The van der Waals surface area contributed by atoms with E-state index in [4.69, 9.17) is 25.8 Å². The Labute approximate surface area is 159 Å². The summed E-state index contributed by atoms with van der Waals surface area (Å²) >= 11 is 5.40. The molecule has 146 valence electrons. The molecule has 2 rings (SSSR count). The maximum atomic E-state index is 11.9. The second-order valence-electron chi connectivity index (χ2n) is 7.31. The van der Waals surface area contributed by atoms with Crippen LogP contribution in [0.3, 0.4) is 0 Å². The largest absolute Gasteiger partial charge is 0.443 e. The molecule has 2 aliphatic rings. The van der Waals surface area contributed by atoms with Crippen molar-refractivity contribution in [3.05, 3.63) is 23.8 Å². The molecule has 0 spiro atoms. The fraction of sp³-hybridized carbons (Fsp3) is 0.684. The minimum atomic E-state index is -0.808. The number of alkyl carbamates (subject to hydrolysis) is 1. The van der Waals surface area contributed by atoms with Gasteiger partial charge in [0.05, 0.1) is 6.10 Å². The van der Waals surface area contributed by atoms with Gasteiger partial charge in [-0.3, -0.25) is 10.1 Å². The van der Waals surface area contributed by atoms with Crippen molar-refractivity contribution >= 4 is 23.6 Å². The summed E-state index contributed by atoms with van der Waals surface area (Å²) < 4.78 is 17.1. The normalized spacial score (nSPS) is 33.3. The summed E-state index contributed by atoms with van der Waals surface area (Å²) in [6.07, 6.45) is 2.70. The number of carbonyl (C=O) groups is 2. The Morgan fingerprint density at radius 1 is 1.46 bits per heavy atom. The molecule has 0 aromatic carbocycles. The minimum absolute atomic E-state index is 0.0849. The lowest BCUT2D eigenvalue weighted by atomic mass is 9.72. The van der Waals surface area contributed by atoms with Gasteiger partial charge in [0.2, 0.25) is 5.91 Å². The molecule has 0 bridgehead atoms. The molecular formula is C19H28ClNO5. The van der Waals surface area contributed by atoms with E-state index in [1.165, 1.54) is 5.57 Å². The van der Waals surface area contributed by atoms with Crippen molar-refractivity contribution in [2.24, 2.45) is 5.92 Å². The van der Waals surface area contributed by atoms with Gasteiger partial charge in [0, 0.05) is 13.0 Å². The van der Waals surface area contributed by atoms with Gasteiger partial charge in [-0.1, -0.05) is 23.8 Å². The predicted molar refractivity (Wildman–Crippen MR) is 99.1 cm³/mol. The van der Waals surface area contributed by atoms with Crippen LogP contribution in [0.5, 0.6) is 0 Å². The Kier molecular flexibility index (Phi) is 6.88. The summed E-state index contributed by atoms with van der Waals surface area (Å²) in [5, 5.41) is 2.09. The number of nitrogens with one attached hydrogen (secondary N) is 1. The zero-order valence-corrected chi connectivity index (χ0v) is 16.6. The molecule has 7 heteroatoms. The van der Waals surface area contributed by atoms with Gasteiger partial charge in [0.25, 0.3) is 0 Å². The van der Waals surface area contributed by atoms with Crippen molar-refractivity contribution in [2.75, 3.05) is 13.0 Å². The molecule has 0 aromatic rings. The van der Waals surface area contributed by atoms with Gasteiger partial charge in [0.1, 0.15) is 23.7 Å². The molecule has 1 N–H and O–H groups in total. The zero-order valence-electron chi connectivity index (χ0n) is 15.8. The fourth-order valence-corrected chi connectivity index (χ4v) is 3.79. The highest BCUT2D eigenvalue weighted by Gasteiger charge is 2.61. The molecule has 1 heterocycles. The molecule has 0 unspecified atom stereocenters. The Bertz CT molecular complexity index is 601. The molecule has 0 radical (unpaired) electrons. The summed E-state index contributed by atoms with van der Waals surface area (Å²) in [6.45, 7) is 10.4. The Balaban J connectivity index is 2.08. The zero-order chi connectivity index (χ0) is 19.5. The van der Waals surface area contributed by atoms with E-state index in [-0.39, 0.29) is 24.0 Å². The van der Waals surface area contributed by atoms with Crippen LogP contribution in [0.1, 0.15) is 40.0 Å². The van der Waals surface area contributed by atoms with Crippen molar-refractivity contribution in [1.29, 1.82) is 0 Å². The summed E-state index contributed by atoms with van der Waals surface area (Å²) in [7, 11) is 1.59. The summed E-state index contributed by atoms with van der Waals surface area (Å²) in [5.74, 6) is -0.981. The number of allylic oxidation sites excluding steroid dienone is 1. The van der Waals surface area contributed by atoms with Crippen LogP contribution in [-0.4, -0.2) is 48.9 Å². The topological polar surface area (TPSA) is 77.2 Å². The van der Waals surface area contributed by atoms with Gasteiger partial charge in [-0.2, -0.15) is 0 Å². The predicted octanol–water partition coefficient (Wildman–Crippen LogP) is 3.34. The average Bonchev–Trinajstić information content (AvgIpc) is 3.24. The first kappa shape index (κ1) is 20.9. The molecule has 1 aliphatic heterocycles. The number of epoxide rings is 1. The van der Waals surface area contributed by atoms with Crippen molar-refractivity contribution < 1.29 is 23.8 Å². The molecule has 26 heavy (non-hydrogen) atoms. The van der Waals surface area contributed by atoms with E-state index in [1.54, 1.807) is 7.11 Å². The number of alkyl halides is 1. The van der Waals surface area contributed by atoms with E-state index < -0.39 is 23.7 Å². The number of imide groups is 1. The van der Waals surface area contributed by atoms with E-state index in [2.05, 4.69) is 38.7 Å². The van der Waals surface area contributed by atoms with Crippen molar-refractivity contribution in [3.8, 4) is 0 Å². The number of halogens is 1. The molecule has 0 aromatic heterocycles. The summed E-state index contributed by atoms with van der Waals surface area (Å²) in [6, 6.07) is 0. The number of amides is 2. The quantitative estimate of drug-likeness (QED) is 0.431. The van der Waals surface area contributed by atoms with E-state index in [9.17, 15) is 9.59 Å². The number of rotatable bonds is 6. The smallest absolute Gasteiger partial charge is 0.414 e. The summed E-state index contributed by atoms with van der Waals surface area (Å²) in [4.78, 5) is 23.2. The third-order valence-electron chi connectivity index (χ3n) is 5.11. The van der Waals surface area contributed by atoms with Gasteiger partial charge in [-0.15, -0.1) is 11.6 Å². The minimum Gasteiger partial charge on any atom is -0.443 e. The highest BCUT2D eigenvalue weighted by atomic mass is 35.5. The van der Waals surface area contributed by atoms with Gasteiger partial charge >= 0.3 is 6.09 Å². The SMILES string of the molecule is C=C1CC[C@@H](OC(=O)NC(=O)CCl)[C@@H](OC)[C@@H]1[C@@]1(C)O[C@@H]1CC=C(C)C. The second kappa shape index (κ2) is 8.55. The molecular weight excluding hydrogens is 358 g/mol. The fourth-order valence-electron chi connectivity index (χ4n) is 3.72. The molecule has 5 atom stereocenters. The molecule has 1 aliphatic carbocycles. The lowest BCUT2D eigenvalue weighted by molar-refractivity contribution is -0.119. The van der Waals surface area contributed by atoms with Gasteiger partial charge in [-0.25, -0.2) is 4.79 Å². The summed E-state index contributed by atoms with van der Waals surface area (Å²) in [5.41, 5.74) is 1.89. The monoisotopic (exact) mass is 385 g/mol. The van der Waals surface area contributed by atoms with Crippen molar-refractivity contribution in [1.82, 2.24) is 5.32 Å². The first-order chi connectivity index (χ1) is 12.2.